The summed E-state index contributed by atoms with van der Waals surface area (Å²) >= 11 is 0. The van der Waals surface area contributed by atoms with Crippen LogP contribution >= 0.6 is 0 Å². The second-order valence-corrected chi connectivity index (χ2v) is 6.54. The fraction of sp³-hybridized carbons (Fsp3) is 0.556. The molecule has 1 atom stereocenters. The van der Waals surface area contributed by atoms with Crippen molar-refractivity contribution in [1.29, 1.82) is 0 Å². The second-order valence-electron chi connectivity index (χ2n) is 6.54. The Hall–Kier alpha value is -2.12. The summed E-state index contributed by atoms with van der Waals surface area (Å²) < 4.78 is 16.9. The van der Waals surface area contributed by atoms with Crippen LogP contribution in [0.15, 0.2) is 18.2 Å². The average molecular weight is 348 g/mol. The van der Waals surface area contributed by atoms with E-state index in [1.165, 1.54) is 7.11 Å². The first-order valence-corrected chi connectivity index (χ1v) is 8.57. The number of amides is 2. The predicted molar refractivity (Wildman–Crippen MR) is 91.4 cm³/mol. The van der Waals surface area contributed by atoms with E-state index >= 15 is 0 Å². The number of anilines is 1. The SMILES string of the molecule is COc1ccc(C)cc1NC(=O)C(=O)NC[C@@H]1COC2(CCCC2)O1. The van der Waals surface area contributed by atoms with Crippen molar-refractivity contribution < 1.29 is 23.8 Å². The van der Waals surface area contributed by atoms with Crippen LogP contribution in [-0.4, -0.2) is 44.0 Å². The van der Waals surface area contributed by atoms with Crippen molar-refractivity contribution in [2.75, 3.05) is 25.6 Å². The largest absolute Gasteiger partial charge is 0.495 e. The first-order valence-electron chi connectivity index (χ1n) is 8.57. The van der Waals surface area contributed by atoms with Gasteiger partial charge in [-0.3, -0.25) is 9.59 Å². The van der Waals surface area contributed by atoms with Crippen molar-refractivity contribution in [3.8, 4) is 5.75 Å². The number of rotatable bonds is 4. The van der Waals surface area contributed by atoms with Crippen molar-refractivity contribution >= 4 is 17.5 Å². The Morgan fingerprint density at radius 3 is 2.76 bits per heavy atom. The van der Waals surface area contributed by atoms with Crippen molar-refractivity contribution in [1.82, 2.24) is 5.32 Å². The number of aryl methyl sites for hydroxylation is 1. The molecule has 2 N–H and O–H groups in total. The minimum atomic E-state index is -0.738. The highest BCUT2D eigenvalue weighted by atomic mass is 16.7. The molecule has 7 heteroatoms. The first-order chi connectivity index (χ1) is 12.0. The molecule has 1 aromatic carbocycles. The lowest BCUT2D eigenvalue weighted by Crippen LogP contribution is -2.40. The summed E-state index contributed by atoms with van der Waals surface area (Å²) in [5.74, 6) is -1.41. The molecule has 2 fully saturated rings. The van der Waals surface area contributed by atoms with E-state index in [1.807, 2.05) is 13.0 Å². The topological polar surface area (TPSA) is 85.9 Å². The van der Waals surface area contributed by atoms with Crippen LogP contribution in [0.25, 0.3) is 0 Å². The molecule has 136 valence electrons. The standard InChI is InChI=1S/C18H24N2O5/c1-12-5-6-15(23-2)14(9-12)20-17(22)16(21)19-10-13-11-24-18(25-13)7-3-4-8-18/h5-6,9,13H,3-4,7-8,10-11H2,1-2H3,(H,19,21)(H,20,22)/t13-/m1/s1. The number of carbonyl (C=O) groups excluding carboxylic acids is 2. The van der Waals surface area contributed by atoms with Gasteiger partial charge in [-0.1, -0.05) is 6.07 Å². The quantitative estimate of drug-likeness (QED) is 0.810. The van der Waals surface area contributed by atoms with Gasteiger partial charge in [0.2, 0.25) is 0 Å². The van der Waals surface area contributed by atoms with E-state index in [0.29, 0.717) is 18.0 Å². The molecular weight excluding hydrogens is 324 g/mol. The van der Waals surface area contributed by atoms with Gasteiger partial charge in [0.1, 0.15) is 11.9 Å². The molecule has 0 aromatic heterocycles. The number of hydrogen-bond donors (Lipinski definition) is 2. The van der Waals surface area contributed by atoms with Crippen molar-refractivity contribution in [2.45, 2.75) is 44.5 Å². The minimum absolute atomic E-state index is 0.219. The van der Waals surface area contributed by atoms with Crippen LogP contribution in [0.2, 0.25) is 0 Å². The third-order valence-electron chi connectivity index (χ3n) is 4.58. The van der Waals surface area contributed by atoms with Crippen molar-refractivity contribution in [3.05, 3.63) is 23.8 Å². The van der Waals surface area contributed by atoms with Crippen LogP contribution in [0, 0.1) is 6.92 Å². The van der Waals surface area contributed by atoms with E-state index in [1.54, 1.807) is 12.1 Å². The summed E-state index contributed by atoms with van der Waals surface area (Å²) in [6, 6.07) is 5.36. The van der Waals surface area contributed by atoms with Crippen LogP contribution in [0.5, 0.6) is 5.75 Å². The number of ether oxygens (including phenoxy) is 3. The maximum Gasteiger partial charge on any atom is 0.313 e. The van der Waals surface area contributed by atoms with Gasteiger partial charge in [0, 0.05) is 19.4 Å². The van der Waals surface area contributed by atoms with Gasteiger partial charge in [0.15, 0.2) is 5.79 Å². The summed E-state index contributed by atoms with van der Waals surface area (Å²) in [6.07, 6.45) is 3.76. The number of methoxy groups -OCH3 is 1. The van der Waals surface area contributed by atoms with E-state index in [4.69, 9.17) is 14.2 Å². The highest BCUT2D eigenvalue weighted by molar-refractivity contribution is 6.39. The third kappa shape index (κ3) is 4.11. The molecule has 1 aliphatic heterocycles. The van der Waals surface area contributed by atoms with Crippen molar-refractivity contribution in [2.24, 2.45) is 0 Å². The van der Waals surface area contributed by atoms with E-state index in [9.17, 15) is 9.59 Å². The number of carbonyl (C=O) groups is 2. The summed E-state index contributed by atoms with van der Waals surface area (Å²) in [5, 5.41) is 5.18. The Bertz CT molecular complexity index is 655. The minimum Gasteiger partial charge on any atom is -0.495 e. The second kappa shape index (κ2) is 7.41. The first kappa shape index (κ1) is 17.7. The Kier molecular flexibility index (Phi) is 5.24. The maximum absolute atomic E-state index is 12.1. The molecule has 3 rings (SSSR count). The number of hydrogen-bond acceptors (Lipinski definition) is 5. The van der Waals surface area contributed by atoms with Gasteiger partial charge < -0.3 is 24.8 Å². The highest BCUT2D eigenvalue weighted by Gasteiger charge is 2.43. The monoisotopic (exact) mass is 348 g/mol. The van der Waals surface area contributed by atoms with E-state index in [-0.39, 0.29) is 12.6 Å². The summed E-state index contributed by atoms with van der Waals surface area (Å²) in [5.41, 5.74) is 1.42. The van der Waals surface area contributed by atoms with Gasteiger partial charge >= 0.3 is 11.8 Å². The normalized spacial score (nSPS) is 21.3. The smallest absolute Gasteiger partial charge is 0.313 e. The molecule has 1 saturated carbocycles. The molecule has 25 heavy (non-hydrogen) atoms. The lowest BCUT2D eigenvalue weighted by molar-refractivity contribution is -0.161. The molecule has 1 saturated heterocycles. The molecule has 1 spiro atoms. The van der Waals surface area contributed by atoms with Crippen LogP contribution in [0.4, 0.5) is 5.69 Å². The summed E-state index contributed by atoms with van der Waals surface area (Å²) in [4.78, 5) is 24.1. The van der Waals surface area contributed by atoms with Crippen LogP contribution in [0.1, 0.15) is 31.2 Å². The van der Waals surface area contributed by atoms with Gasteiger partial charge in [-0.15, -0.1) is 0 Å². The van der Waals surface area contributed by atoms with Gasteiger partial charge in [-0.25, -0.2) is 0 Å². The lowest BCUT2D eigenvalue weighted by atomic mass is 10.2. The molecule has 1 aliphatic carbocycles. The number of nitrogens with one attached hydrogen (secondary N) is 2. The van der Waals surface area contributed by atoms with Crippen LogP contribution in [0.3, 0.4) is 0 Å². The van der Waals surface area contributed by atoms with E-state index in [2.05, 4.69) is 10.6 Å². The molecule has 0 radical (unpaired) electrons. The molecule has 1 heterocycles. The number of benzene rings is 1. The lowest BCUT2D eigenvalue weighted by Gasteiger charge is -2.21. The predicted octanol–water partition coefficient (Wildman–Crippen LogP) is 1.74. The molecular formula is C18H24N2O5. The highest BCUT2D eigenvalue weighted by Crippen LogP contribution is 2.38. The molecule has 0 unspecified atom stereocenters. The molecule has 0 bridgehead atoms. The van der Waals surface area contributed by atoms with Gasteiger partial charge in [-0.05, 0) is 37.5 Å². The van der Waals surface area contributed by atoms with Crippen LogP contribution < -0.4 is 15.4 Å². The van der Waals surface area contributed by atoms with E-state index < -0.39 is 17.6 Å². The van der Waals surface area contributed by atoms with Crippen LogP contribution in [-0.2, 0) is 19.1 Å². The molecule has 2 aliphatic rings. The fourth-order valence-corrected chi connectivity index (χ4v) is 3.28. The average Bonchev–Trinajstić information content (AvgIpc) is 3.23. The zero-order valence-electron chi connectivity index (χ0n) is 14.6. The van der Waals surface area contributed by atoms with Crippen molar-refractivity contribution in [3.63, 3.8) is 0 Å². The summed E-state index contributed by atoms with van der Waals surface area (Å²) in [6.45, 7) is 2.58. The van der Waals surface area contributed by atoms with Gasteiger partial charge in [-0.2, -0.15) is 0 Å². The molecule has 2 amide bonds. The Morgan fingerprint density at radius 1 is 1.28 bits per heavy atom. The third-order valence-corrected chi connectivity index (χ3v) is 4.58. The van der Waals surface area contributed by atoms with Gasteiger partial charge in [0.05, 0.1) is 19.4 Å². The zero-order valence-corrected chi connectivity index (χ0v) is 14.6. The molecule has 7 nitrogen and oxygen atoms in total. The Labute approximate surface area is 147 Å². The fourth-order valence-electron chi connectivity index (χ4n) is 3.28. The molecule has 1 aromatic rings. The van der Waals surface area contributed by atoms with Gasteiger partial charge in [0.25, 0.3) is 0 Å². The maximum atomic E-state index is 12.1. The Balaban J connectivity index is 1.50. The summed E-state index contributed by atoms with van der Waals surface area (Å²) in [7, 11) is 1.51. The van der Waals surface area contributed by atoms with E-state index in [0.717, 1.165) is 31.2 Å². The Morgan fingerprint density at radius 2 is 2.04 bits per heavy atom. The zero-order chi connectivity index (χ0) is 17.9.